The lowest BCUT2D eigenvalue weighted by Gasteiger charge is -2.24. The Morgan fingerprint density at radius 1 is 1.61 bits per heavy atom. The van der Waals surface area contributed by atoms with E-state index in [0.29, 0.717) is 6.04 Å². The lowest BCUT2D eigenvalue weighted by molar-refractivity contribution is 0.0872. The summed E-state index contributed by atoms with van der Waals surface area (Å²) in [5.74, 6) is 0.946. The van der Waals surface area contributed by atoms with E-state index in [1.54, 1.807) is 0 Å². The van der Waals surface area contributed by atoms with Gasteiger partial charge in [0.15, 0.2) is 0 Å². The smallest absolute Gasteiger partial charge is 0.203 e. The van der Waals surface area contributed by atoms with E-state index >= 15 is 0 Å². The number of anilines is 1. The minimum Gasteiger partial charge on any atom is -0.382 e. The molecule has 1 fully saturated rings. The molecule has 18 heavy (non-hydrogen) atoms. The minimum atomic E-state index is 0.395. The number of nitrogens with one attached hydrogen (secondary N) is 1. The average molecular weight is 253 g/mol. The standard InChI is InChI=1S/C13H23N3O2/c1-2-17-10-4-7-16-8-6-14-13(16)15-12-5-3-9-18-11-12/h6,8,12H,2-5,7,9-11H2,1H3,(H,14,15). The Morgan fingerprint density at radius 2 is 2.56 bits per heavy atom. The summed E-state index contributed by atoms with van der Waals surface area (Å²) in [5, 5.41) is 3.46. The van der Waals surface area contributed by atoms with Crippen molar-refractivity contribution in [1.82, 2.24) is 9.55 Å². The van der Waals surface area contributed by atoms with Crippen LogP contribution in [0.1, 0.15) is 26.2 Å². The Balaban J connectivity index is 1.79. The first-order valence-electron chi connectivity index (χ1n) is 6.83. The molecule has 2 rings (SSSR count). The van der Waals surface area contributed by atoms with Crippen molar-refractivity contribution < 1.29 is 9.47 Å². The van der Waals surface area contributed by atoms with Gasteiger partial charge in [0.25, 0.3) is 0 Å². The highest BCUT2D eigenvalue weighted by atomic mass is 16.5. The zero-order chi connectivity index (χ0) is 12.6. The lowest BCUT2D eigenvalue weighted by Crippen LogP contribution is -2.31. The lowest BCUT2D eigenvalue weighted by atomic mass is 10.1. The molecule has 1 unspecified atom stereocenters. The van der Waals surface area contributed by atoms with E-state index in [0.717, 1.165) is 58.2 Å². The van der Waals surface area contributed by atoms with Crippen molar-refractivity contribution in [2.45, 2.75) is 38.8 Å². The molecule has 1 aliphatic heterocycles. The molecule has 0 aliphatic carbocycles. The van der Waals surface area contributed by atoms with Gasteiger partial charge in [0, 0.05) is 38.8 Å². The molecular formula is C13H23N3O2. The van der Waals surface area contributed by atoms with Gasteiger partial charge in [-0.15, -0.1) is 0 Å². The molecule has 0 bridgehead atoms. The van der Waals surface area contributed by atoms with Crippen LogP contribution >= 0.6 is 0 Å². The Bertz CT molecular complexity index is 335. The fourth-order valence-corrected chi connectivity index (χ4v) is 2.15. The molecule has 5 heteroatoms. The maximum absolute atomic E-state index is 5.46. The molecule has 5 nitrogen and oxygen atoms in total. The Kier molecular flexibility index (Phi) is 5.48. The van der Waals surface area contributed by atoms with Crippen LogP contribution in [0, 0.1) is 0 Å². The van der Waals surface area contributed by atoms with Crippen molar-refractivity contribution >= 4 is 5.95 Å². The molecule has 1 aromatic heterocycles. The molecule has 1 N–H and O–H groups in total. The molecule has 1 aliphatic rings. The second-order valence-electron chi connectivity index (χ2n) is 4.55. The third-order valence-corrected chi connectivity index (χ3v) is 3.10. The molecule has 0 radical (unpaired) electrons. The van der Waals surface area contributed by atoms with Crippen LogP contribution in [-0.2, 0) is 16.0 Å². The van der Waals surface area contributed by atoms with Crippen LogP contribution in [0.15, 0.2) is 12.4 Å². The van der Waals surface area contributed by atoms with Crippen molar-refractivity contribution in [2.24, 2.45) is 0 Å². The number of hydrogen-bond donors (Lipinski definition) is 1. The number of rotatable bonds is 7. The van der Waals surface area contributed by atoms with Crippen LogP contribution in [0.25, 0.3) is 0 Å². The minimum absolute atomic E-state index is 0.395. The Hall–Kier alpha value is -1.07. The number of ether oxygens (including phenoxy) is 2. The topological polar surface area (TPSA) is 48.3 Å². The van der Waals surface area contributed by atoms with E-state index in [1.807, 2.05) is 19.3 Å². The molecule has 0 saturated carbocycles. The number of aryl methyl sites for hydroxylation is 1. The molecule has 102 valence electrons. The van der Waals surface area contributed by atoms with E-state index in [-0.39, 0.29) is 0 Å². The largest absolute Gasteiger partial charge is 0.382 e. The zero-order valence-electron chi connectivity index (χ0n) is 11.1. The van der Waals surface area contributed by atoms with Gasteiger partial charge in [-0.2, -0.15) is 0 Å². The third-order valence-electron chi connectivity index (χ3n) is 3.10. The second kappa shape index (κ2) is 7.38. The molecule has 1 atom stereocenters. The molecule has 2 heterocycles. The molecule has 0 spiro atoms. The van der Waals surface area contributed by atoms with Gasteiger partial charge in [0.05, 0.1) is 12.6 Å². The van der Waals surface area contributed by atoms with Crippen LogP contribution in [0.2, 0.25) is 0 Å². The van der Waals surface area contributed by atoms with Gasteiger partial charge in [-0.25, -0.2) is 4.98 Å². The Morgan fingerprint density at radius 3 is 3.33 bits per heavy atom. The quantitative estimate of drug-likeness (QED) is 0.754. The molecule has 1 saturated heterocycles. The summed E-state index contributed by atoms with van der Waals surface area (Å²) in [6.07, 6.45) is 7.15. The van der Waals surface area contributed by atoms with Gasteiger partial charge in [-0.3, -0.25) is 0 Å². The maximum atomic E-state index is 5.46. The van der Waals surface area contributed by atoms with Crippen LogP contribution in [0.4, 0.5) is 5.95 Å². The van der Waals surface area contributed by atoms with Gasteiger partial charge in [0.1, 0.15) is 0 Å². The van der Waals surface area contributed by atoms with Crippen LogP contribution in [-0.4, -0.2) is 42.0 Å². The monoisotopic (exact) mass is 253 g/mol. The van der Waals surface area contributed by atoms with Gasteiger partial charge in [-0.05, 0) is 26.2 Å². The van der Waals surface area contributed by atoms with E-state index in [2.05, 4.69) is 14.9 Å². The van der Waals surface area contributed by atoms with Crippen LogP contribution in [0.3, 0.4) is 0 Å². The van der Waals surface area contributed by atoms with Gasteiger partial charge < -0.3 is 19.4 Å². The predicted octanol–water partition coefficient (Wildman–Crippen LogP) is 1.90. The van der Waals surface area contributed by atoms with Crippen molar-refractivity contribution in [1.29, 1.82) is 0 Å². The summed E-state index contributed by atoms with van der Waals surface area (Å²) in [6.45, 7) is 6.23. The summed E-state index contributed by atoms with van der Waals surface area (Å²) in [7, 11) is 0. The third kappa shape index (κ3) is 3.99. The summed E-state index contributed by atoms with van der Waals surface area (Å²) in [5.41, 5.74) is 0. The Labute approximate surface area is 108 Å². The number of aromatic nitrogens is 2. The highest BCUT2D eigenvalue weighted by Gasteiger charge is 2.15. The van der Waals surface area contributed by atoms with E-state index < -0.39 is 0 Å². The summed E-state index contributed by atoms with van der Waals surface area (Å²) in [6, 6.07) is 0.395. The zero-order valence-corrected chi connectivity index (χ0v) is 11.1. The van der Waals surface area contributed by atoms with Crippen LogP contribution in [0.5, 0.6) is 0 Å². The number of hydrogen-bond acceptors (Lipinski definition) is 4. The fraction of sp³-hybridized carbons (Fsp3) is 0.769. The number of nitrogens with zero attached hydrogens (tertiary/aromatic N) is 2. The van der Waals surface area contributed by atoms with E-state index in [1.165, 1.54) is 0 Å². The first kappa shape index (κ1) is 13.4. The van der Waals surface area contributed by atoms with Crippen molar-refractivity contribution in [3.63, 3.8) is 0 Å². The molecule has 0 amide bonds. The maximum Gasteiger partial charge on any atom is 0.203 e. The van der Waals surface area contributed by atoms with E-state index in [9.17, 15) is 0 Å². The predicted molar refractivity (Wildman–Crippen MR) is 70.8 cm³/mol. The number of imidazole rings is 1. The molecule has 1 aromatic rings. The fourth-order valence-electron chi connectivity index (χ4n) is 2.15. The van der Waals surface area contributed by atoms with Gasteiger partial charge in [0.2, 0.25) is 5.95 Å². The first-order valence-corrected chi connectivity index (χ1v) is 6.83. The summed E-state index contributed by atoms with van der Waals surface area (Å²) < 4.78 is 13.0. The first-order chi connectivity index (χ1) is 8.90. The molecule has 0 aromatic carbocycles. The SMILES string of the molecule is CCOCCCn1ccnc1NC1CCCOC1. The average Bonchev–Trinajstić information content (AvgIpc) is 2.83. The summed E-state index contributed by atoms with van der Waals surface area (Å²) >= 11 is 0. The van der Waals surface area contributed by atoms with Gasteiger partial charge in [-0.1, -0.05) is 0 Å². The highest BCUT2D eigenvalue weighted by Crippen LogP contribution is 2.13. The van der Waals surface area contributed by atoms with Gasteiger partial charge >= 0.3 is 0 Å². The summed E-state index contributed by atoms with van der Waals surface area (Å²) in [4.78, 5) is 4.36. The van der Waals surface area contributed by atoms with Crippen molar-refractivity contribution in [3.05, 3.63) is 12.4 Å². The van der Waals surface area contributed by atoms with Crippen molar-refractivity contribution in [2.75, 3.05) is 31.7 Å². The van der Waals surface area contributed by atoms with Crippen LogP contribution < -0.4 is 5.32 Å². The molecular weight excluding hydrogens is 230 g/mol. The normalized spacial score (nSPS) is 19.9. The second-order valence-corrected chi connectivity index (χ2v) is 4.55. The highest BCUT2D eigenvalue weighted by molar-refractivity contribution is 5.27. The van der Waals surface area contributed by atoms with E-state index in [4.69, 9.17) is 9.47 Å². The van der Waals surface area contributed by atoms with Crippen molar-refractivity contribution in [3.8, 4) is 0 Å².